The lowest BCUT2D eigenvalue weighted by Gasteiger charge is -2.24. The quantitative estimate of drug-likeness (QED) is 0.435. The molecule has 2 amide bonds. The van der Waals surface area contributed by atoms with Crippen molar-refractivity contribution in [2.45, 2.75) is 18.5 Å². The lowest BCUT2D eigenvalue weighted by molar-refractivity contribution is -0.160. The molecule has 148 valence electrons. The number of hydrogen-bond donors (Lipinski definition) is 3. The van der Waals surface area contributed by atoms with Crippen LogP contribution in [-0.2, 0) is 16.0 Å². The van der Waals surface area contributed by atoms with Crippen LogP contribution in [0.2, 0.25) is 10.0 Å². The van der Waals surface area contributed by atoms with Gasteiger partial charge in [-0.1, -0.05) is 35.8 Å². The van der Waals surface area contributed by atoms with Crippen LogP contribution in [0.15, 0.2) is 30.9 Å². The maximum Gasteiger partial charge on any atom is 0.475 e. The second-order valence-electron chi connectivity index (χ2n) is 5.54. The molecule has 0 saturated carbocycles. The highest BCUT2D eigenvalue weighted by Crippen LogP contribution is 2.22. The van der Waals surface area contributed by atoms with E-state index < -0.39 is 44.1 Å². The van der Waals surface area contributed by atoms with E-state index >= 15 is 0 Å². The number of hydrogen-bond acceptors (Lipinski definition) is 4. The molecule has 0 bridgehead atoms. The van der Waals surface area contributed by atoms with Gasteiger partial charge in [-0.2, -0.15) is 13.2 Å². The smallest absolute Gasteiger partial charge is 0.426 e. The average Bonchev–Trinajstić information content (AvgIpc) is 2.53. The van der Waals surface area contributed by atoms with E-state index in [0.29, 0.717) is 16.7 Å². The summed E-state index contributed by atoms with van der Waals surface area (Å²) in [5, 5.41) is 21.6. The molecule has 3 N–H and O–H groups in total. The zero-order valence-electron chi connectivity index (χ0n) is 13.8. The number of amides is 2. The molecule has 1 rings (SSSR count). The van der Waals surface area contributed by atoms with Crippen molar-refractivity contribution in [2.75, 3.05) is 13.1 Å². The van der Waals surface area contributed by atoms with Gasteiger partial charge in [0.2, 0.25) is 11.8 Å². The molecular formula is C15H16BCl2F3N2O4. The van der Waals surface area contributed by atoms with Crippen molar-refractivity contribution in [1.29, 1.82) is 0 Å². The Bertz CT molecular complexity index is 704. The van der Waals surface area contributed by atoms with Crippen LogP contribution >= 0.6 is 23.2 Å². The summed E-state index contributed by atoms with van der Waals surface area (Å²) in [6.07, 6.45) is -4.20. The maximum absolute atomic E-state index is 12.5. The molecule has 0 fully saturated rings. The second-order valence-corrected chi connectivity index (χ2v) is 6.38. The SMILES string of the molecule is C=CC(=O)N(CC(=O)NC(Cc1ccc(Cl)cc1Cl)B(O)O)CC(F)(F)F. The minimum atomic E-state index is -4.72. The van der Waals surface area contributed by atoms with E-state index in [1.54, 1.807) is 0 Å². The standard InChI is InChI=1S/C15H16BCl2F3N2O4/c1-2-14(25)23(8-15(19,20)21)7-13(24)22-12(16(26)27)5-9-3-4-10(17)6-11(9)18/h2-4,6,12,26-27H,1,5,7-8H2,(H,22,24). The van der Waals surface area contributed by atoms with Crippen LogP contribution in [0.4, 0.5) is 13.2 Å². The van der Waals surface area contributed by atoms with E-state index in [9.17, 15) is 32.8 Å². The van der Waals surface area contributed by atoms with Crippen LogP contribution in [0.3, 0.4) is 0 Å². The fourth-order valence-electron chi connectivity index (χ4n) is 2.14. The Hall–Kier alpha value is -1.75. The van der Waals surface area contributed by atoms with Gasteiger partial charge < -0.3 is 20.3 Å². The number of rotatable bonds is 8. The third kappa shape index (κ3) is 8.21. The molecule has 1 unspecified atom stereocenters. The van der Waals surface area contributed by atoms with E-state index in [2.05, 4.69) is 11.9 Å². The molecule has 0 spiro atoms. The molecule has 0 aliphatic heterocycles. The van der Waals surface area contributed by atoms with Crippen LogP contribution < -0.4 is 5.32 Å². The average molecular weight is 427 g/mol. The van der Waals surface area contributed by atoms with Gasteiger partial charge in [0.25, 0.3) is 0 Å². The minimum Gasteiger partial charge on any atom is -0.426 e. The molecule has 0 heterocycles. The molecule has 27 heavy (non-hydrogen) atoms. The van der Waals surface area contributed by atoms with Crippen LogP contribution in [0, 0.1) is 0 Å². The second kappa shape index (κ2) is 9.98. The lowest BCUT2D eigenvalue weighted by atomic mass is 9.76. The van der Waals surface area contributed by atoms with Crippen molar-refractivity contribution in [3.8, 4) is 0 Å². The summed E-state index contributed by atoms with van der Waals surface area (Å²) in [6, 6.07) is 4.41. The van der Waals surface area contributed by atoms with Crippen molar-refractivity contribution in [3.63, 3.8) is 0 Å². The van der Waals surface area contributed by atoms with Crippen molar-refractivity contribution >= 4 is 42.1 Å². The van der Waals surface area contributed by atoms with Crippen LogP contribution in [0.25, 0.3) is 0 Å². The summed E-state index contributed by atoms with van der Waals surface area (Å²) in [6.45, 7) is 0.490. The fourth-order valence-corrected chi connectivity index (χ4v) is 2.62. The van der Waals surface area contributed by atoms with Gasteiger partial charge in [-0.05, 0) is 30.2 Å². The predicted octanol–water partition coefficient (Wildman–Crippen LogP) is 1.61. The number of nitrogens with zero attached hydrogens (tertiary/aromatic N) is 1. The number of carbonyl (C=O) groups excluding carboxylic acids is 2. The zero-order chi connectivity index (χ0) is 20.8. The number of halogens is 5. The van der Waals surface area contributed by atoms with Crippen LogP contribution in [0.1, 0.15) is 5.56 Å². The summed E-state index contributed by atoms with van der Waals surface area (Å²) in [7, 11) is -2.02. The lowest BCUT2D eigenvalue weighted by Crippen LogP contribution is -2.52. The monoisotopic (exact) mass is 426 g/mol. The Labute approximate surface area is 163 Å². The number of nitrogens with one attached hydrogen (secondary N) is 1. The summed E-state index contributed by atoms with van der Waals surface area (Å²) < 4.78 is 37.6. The first-order valence-corrected chi connectivity index (χ1v) is 8.26. The summed E-state index contributed by atoms with van der Waals surface area (Å²) >= 11 is 11.7. The molecule has 1 atom stereocenters. The Kier molecular flexibility index (Phi) is 8.61. The van der Waals surface area contributed by atoms with E-state index in [4.69, 9.17) is 23.2 Å². The Balaban J connectivity index is 2.84. The Morgan fingerprint density at radius 2 is 1.96 bits per heavy atom. The summed E-state index contributed by atoms with van der Waals surface area (Å²) in [5.41, 5.74) is 0.425. The van der Waals surface area contributed by atoms with E-state index in [1.165, 1.54) is 18.2 Å². The maximum atomic E-state index is 12.5. The van der Waals surface area contributed by atoms with Gasteiger partial charge in [0.05, 0.1) is 5.94 Å². The molecule has 0 saturated heterocycles. The van der Waals surface area contributed by atoms with Crippen molar-refractivity contribution in [1.82, 2.24) is 10.2 Å². The van der Waals surface area contributed by atoms with Gasteiger partial charge in [-0.25, -0.2) is 0 Å². The summed E-state index contributed by atoms with van der Waals surface area (Å²) in [4.78, 5) is 23.8. The largest absolute Gasteiger partial charge is 0.475 e. The third-order valence-corrected chi connectivity index (χ3v) is 3.94. The normalized spacial score (nSPS) is 12.3. The first-order valence-electron chi connectivity index (χ1n) is 7.50. The number of benzene rings is 1. The molecule has 1 aromatic rings. The molecule has 0 aromatic heterocycles. The van der Waals surface area contributed by atoms with Gasteiger partial charge in [0.1, 0.15) is 13.1 Å². The number of alkyl halides is 3. The first-order chi connectivity index (χ1) is 12.4. The fraction of sp³-hybridized carbons (Fsp3) is 0.333. The molecule has 6 nitrogen and oxygen atoms in total. The Morgan fingerprint density at radius 3 is 2.44 bits per heavy atom. The molecule has 0 aliphatic carbocycles. The van der Waals surface area contributed by atoms with Gasteiger partial charge >= 0.3 is 13.3 Å². The van der Waals surface area contributed by atoms with Gasteiger partial charge in [-0.15, -0.1) is 0 Å². The molecule has 1 aromatic carbocycles. The van der Waals surface area contributed by atoms with Crippen molar-refractivity contribution in [3.05, 3.63) is 46.5 Å². The highest BCUT2D eigenvalue weighted by molar-refractivity contribution is 6.43. The van der Waals surface area contributed by atoms with Crippen molar-refractivity contribution < 1.29 is 32.8 Å². The summed E-state index contributed by atoms with van der Waals surface area (Å²) in [5.74, 6) is -3.38. The Morgan fingerprint density at radius 1 is 1.33 bits per heavy atom. The van der Waals surface area contributed by atoms with E-state index in [-0.39, 0.29) is 16.3 Å². The first kappa shape index (κ1) is 23.3. The van der Waals surface area contributed by atoms with Crippen LogP contribution in [0.5, 0.6) is 0 Å². The van der Waals surface area contributed by atoms with Crippen molar-refractivity contribution in [2.24, 2.45) is 0 Å². The predicted molar refractivity (Wildman–Crippen MR) is 95.1 cm³/mol. The molecular weight excluding hydrogens is 411 g/mol. The third-order valence-electron chi connectivity index (χ3n) is 3.35. The highest BCUT2D eigenvalue weighted by Gasteiger charge is 2.34. The van der Waals surface area contributed by atoms with Crippen LogP contribution in [-0.4, -0.2) is 59.1 Å². The zero-order valence-corrected chi connectivity index (χ0v) is 15.4. The molecule has 0 radical (unpaired) electrons. The molecule has 12 heteroatoms. The van der Waals surface area contributed by atoms with Gasteiger partial charge in [0, 0.05) is 10.0 Å². The van der Waals surface area contributed by atoms with Gasteiger partial charge in [-0.3, -0.25) is 9.59 Å². The minimum absolute atomic E-state index is 0.131. The van der Waals surface area contributed by atoms with E-state index in [0.717, 1.165) is 0 Å². The molecule has 0 aliphatic rings. The highest BCUT2D eigenvalue weighted by atomic mass is 35.5. The van der Waals surface area contributed by atoms with Gasteiger partial charge in [0.15, 0.2) is 0 Å². The topological polar surface area (TPSA) is 89.9 Å². The number of carbonyl (C=O) groups is 2. The van der Waals surface area contributed by atoms with E-state index in [1.807, 2.05) is 0 Å².